The summed E-state index contributed by atoms with van der Waals surface area (Å²) in [5.74, 6) is -5.23. The molecule has 0 bridgehead atoms. The number of imide groups is 1. The van der Waals surface area contributed by atoms with Crippen LogP contribution in [-0.2, 0) is 16.6 Å². The molecule has 0 aliphatic carbocycles. The van der Waals surface area contributed by atoms with Gasteiger partial charge in [0.1, 0.15) is 0 Å². The number of hydrogen-bond donors (Lipinski definition) is 2. The number of likely N-dealkylation sites (tertiary alicyclic amines) is 1. The summed E-state index contributed by atoms with van der Waals surface area (Å²) >= 11 is 0. The molecule has 2 aromatic rings. The molecule has 4 rings (SSSR count). The number of benzene rings is 1. The number of aromatic nitrogens is 2. The highest BCUT2D eigenvalue weighted by Gasteiger charge is 2.45. The van der Waals surface area contributed by atoms with Gasteiger partial charge in [-0.15, -0.1) is 0 Å². The van der Waals surface area contributed by atoms with Crippen molar-refractivity contribution in [3.8, 4) is 0 Å². The van der Waals surface area contributed by atoms with Gasteiger partial charge in [0.05, 0.1) is 24.5 Å². The van der Waals surface area contributed by atoms with E-state index in [4.69, 9.17) is 5.11 Å². The molecule has 160 valence electrons. The van der Waals surface area contributed by atoms with E-state index in [1.807, 2.05) is 0 Å². The fourth-order valence-electron chi connectivity index (χ4n) is 4.18. The van der Waals surface area contributed by atoms with Crippen molar-refractivity contribution in [2.75, 3.05) is 31.1 Å². The summed E-state index contributed by atoms with van der Waals surface area (Å²) < 4.78 is 31.1. The van der Waals surface area contributed by atoms with Crippen LogP contribution in [0.2, 0.25) is 0 Å². The average molecular weight is 421 g/mol. The second kappa shape index (κ2) is 7.31. The largest absolute Gasteiger partial charge is 0.480 e. The first-order chi connectivity index (χ1) is 14.2. The van der Waals surface area contributed by atoms with Crippen LogP contribution in [0.3, 0.4) is 0 Å². The van der Waals surface area contributed by atoms with E-state index in [2.05, 4.69) is 10.4 Å². The molecule has 2 saturated heterocycles. The molecule has 2 N–H and O–H groups in total. The van der Waals surface area contributed by atoms with Crippen LogP contribution < -0.4 is 10.2 Å². The van der Waals surface area contributed by atoms with Gasteiger partial charge in [0.25, 0.3) is 5.92 Å². The van der Waals surface area contributed by atoms with E-state index in [-0.39, 0.29) is 31.8 Å². The van der Waals surface area contributed by atoms with Gasteiger partial charge in [-0.05, 0) is 30.7 Å². The maximum atomic E-state index is 14.8. The molecule has 0 saturated carbocycles. The zero-order valence-electron chi connectivity index (χ0n) is 16.3. The van der Waals surface area contributed by atoms with Gasteiger partial charge in [0, 0.05) is 25.4 Å². The Morgan fingerprint density at radius 2 is 2.10 bits per heavy atom. The van der Waals surface area contributed by atoms with Gasteiger partial charge >= 0.3 is 12.0 Å². The highest BCUT2D eigenvalue weighted by atomic mass is 19.3. The number of aryl methyl sites for hydroxylation is 1. The summed E-state index contributed by atoms with van der Waals surface area (Å²) in [5, 5.41) is 16.1. The number of halogens is 2. The van der Waals surface area contributed by atoms with Crippen molar-refractivity contribution in [1.82, 2.24) is 20.0 Å². The summed E-state index contributed by atoms with van der Waals surface area (Å²) in [6.45, 7) is -0.560. The van der Waals surface area contributed by atoms with Crippen molar-refractivity contribution in [3.63, 3.8) is 0 Å². The molecular weight excluding hydrogens is 400 g/mol. The Labute approximate surface area is 170 Å². The van der Waals surface area contributed by atoms with Gasteiger partial charge in [-0.3, -0.25) is 29.4 Å². The van der Waals surface area contributed by atoms with Crippen LogP contribution in [0.4, 0.5) is 19.4 Å². The summed E-state index contributed by atoms with van der Waals surface area (Å²) in [6.07, 6.45) is 0.288. The SMILES string of the molecule is Cn1nc(N2CCC(=O)NC2=O)c2ccc(C3CCN(CC(=O)O)CC3(F)F)cc21. The third kappa shape index (κ3) is 3.60. The molecule has 1 unspecified atom stereocenters. The lowest BCUT2D eigenvalue weighted by Crippen LogP contribution is -2.49. The number of nitrogens with one attached hydrogen (secondary N) is 1. The number of hydrogen-bond acceptors (Lipinski definition) is 5. The lowest BCUT2D eigenvalue weighted by Gasteiger charge is -2.37. The number of carbonyl (C=O) groups is 3. The molecule has 1 aromatic heterocycles. The van der Waals surface area contributed by atoms with Crippen molar-refractivity contribution in [1.29, 1.82) is 0 Å². The van der Waals surface area contributed by atoms with Crippen molar-refractivity contribution in [2.24, 2.45) is 7.05 Å². The second-order valence-corrected chi connectivity index (χ2v) is 7.69. The number of nitrogens with zero attached hydrogens (tertiary/aromatic N) is 4. The predicted octanol–water partition coefficient (Wildman–Crippen LogP) is 1.53. The first-order valence-electron chi connectivity index (χ1n) is 9.55. The van der Waals surface area contributed by atoms with Gasteiger partial charge in [-0.2, -0.15) is 5.10 Å². The Morgan fingerprint density at radius 1 is 1.33 bits per heavy atom. The number of carbonyl (C=O) groups excluding carboxylic acids is 2. The molecule has 11 heteroatoms. The number of carboxylic acid groups (broad SMARTS) is 1. The minimum Gasteiger partial charge on any atom is -0.480 e. The van der Waals surface area contributed by atoms with Crippen LogP contribution in [-0.4, -0.2) is 69.8 Å². The van der Waals surface area contributed by atoms with E-state index in [1.165, 1.54) is 14.5 Å². The molecule has 3 heterocycles. The number of amides is 3. The van der Waals surface area contributed by atoms with Crippen molar-refractivity contribution >= 4 is 34.6 Å². The third-order valence-electron chi connectivity index (χ3n) is 5.61. The Kier molecular flexibility index (Phi) is 4.92. The summed E-state index contributed by atoms with van der Waals surface area (Å²) in [6, 6.07) is 4.35. The van der Waals surface area contributed by atoms with E-state index in [0.29, 0.717) is 22.3 Å². The van der Waals surface area contributed by atoms with Crippen LogP contribution in [0.15, 0.2) is 18.2 Å². The molecular formula is C19H21F2N5O4. The predicted molar refractivity (Wildman–Crippen MR) is 103 cm³/mol. The molecule has 30 heavy (non-hydrogen) atoms. The Bertz CT molecular complexity index is 1040. The minimum atomic E-state index is -3.07. The maximum Gasteiger partial charge on any atom is 0.329 e. The topological polar surface area (TPSA) is 108 Å². The molecule has 0 radical (unpaired) electrons. The Morgan fingerprint density at radius 3 is 2.77 bits per heavy atom. The fourth-order valence-corrected chi connectivity index (χ4v) is 4.18. The van der Waals surface area contributed by atoms with Gasteiger partial charge in [0.15, 0.2) is 5.82 Å². The molecule has 0 spiro atoms. The zero-order chi connectivity index (χ0) is 21.6. The van der Waals surface area contributed by atoms with Gasteiger partial charge in [-0.1, -0.05) is 6.07 Å². The van der Waals surface area contributed by atoms with E-state index < -0.39 is 36.9 Å². The van der Waals surface area contributed by atoms with E-state index in [9.17, 15) is 23.2 Å². The first kappa shape index (κ1) is 20.2. The second-order valence-electron chi connectivity index (χ2n) is 7.69. The number of carboxylic acids is 1. The van der Waals surface area contributed by atoms with Gasteiger partial charge < -0.3 is 5.11 Å². The third-order valence-corrected chi connectivity index (χ3v) is 5.61. The average Bonchev–Trinajstić information content (AvgIpc) is 2.96. The zero-order valence-corrected chi connectivity index (χ0v) is 16.3. The summed E-state index contributed by atoms with van der Waals surface area (Å²) in [4.78, 5) is 37.0. The molecule has 1 atom stereocenters. The number of aliphatic carboxylic acids is 1. The van der Waals surface area contributed by atoms with E-state index >= 15 is 0 Å². The molecule has 9 nitrogen and oxygen atoms in total. The Balaban J connectivity index is 1.63. The number of fused-ring (bicyclic) bond motifs is 1. The molecule has 2 fully saturated rings. The minimum absolute atomic E-state index is 0.132. The molecule has 2 aliphatic heterocycles. The number of urea groups is 1. The lowest BCUT2D eigenvalue weighted by atomic mass is 9.86. The van der Waals surface area contributed by atoms with Crippen LogP contribution in [0.1, 0.15) is 24.3 Å². The summed E-state index contributed by atoms with van der Waals surface area (Å²) in [7, 11) is 1.66. The van der Waals surface area contributed by atoms with Crippen LogP contribution in [0.5, 0.6) is 0 Å². The normalized spacial score (nSPS) is 22.4. The van der Waals surface area contributed by atoms with E-state index in [0.717, 1.165) is 0 Å². The highest BCUT2D eigenvalue weighted by molar-refractivity contribution is 6.08. The van der Waals surface area contributed by atoms with Crippen molar-refractivity contribution < 1.29 is 28.3 Å². The van der Waals surface area contributed by atoms with Crippen LogP contribution >= 0.6 is 0 Å². The quantitative estimate of drug-likeness (QED) is 0.775. The number of piperidine rings is 1. The monoisotopic (exact) mass is 421 g/mol. The number of rotatable bonds is 4. The van der Waals surface area contributed by atoms with Crippen molar-refractivity contribution in [2.45, 2.75) is 24.7 Å². The maximum absolute atomic E-state index is 14.8. The van der Waals surface area contributed by atoms with Crippen LogP contribution in [0, 0.1) is 0 Å². The first-order valence-corrected chi connectivity index (χ1v) is 9.55. The Hall–Kier alpha value is -3.08. The molecule has 3 amide bonds. The molecule has 2 aliphatic rings. The van der Waals surface area contributed by atoms with Crippen molar-refractivity contribution in [3.05, 3.63) is 23.8 Å². The fraction of sp³-hybridized carbons (Fsp3) is 0.474. The standard InChI is InChI=1S/C19H21F2N5O4/c1-24-14-8-11(13-4-6-25(9-16(28)29)10-19(13,20)21)2-3-12(14)17(23-24)26-7-5-15(27)22-18(26)30/h2-3,8,13H,4-7,9-10H2,1H3,(H,28,29)(H,22,27,30). The smallest absolute Gasteiger partial charge is 0.329 e. The van der Waals surface area contributed by atoms with E-state index in [1.54, 1.807) is 25.2 Å². The van der Waals surface area contributed by atoms with Crippen LogP contribution in [0.25, 0.3) is 10.9 Å². The number of alkyl halides is 2. The highest BCUT2D eigenvalue weighted by Crippen LogP contribution is 2.41. The lowest BCUT2D eigenvalue weighted by molar-refractivity contribution is -0.142. The molecule has 1 aromatic carbocycles. The summed E-state index contributed by atoms with van der Waals surface area (Å²) in [5.41, 5.74) is 1.03. The van der Waals surface area contributed by atoms with Gasteiger partial charge in [-0.25, -0.2) is 13.6 Å². The van der Waals surface area contributed by atoms with Gasteiger partial charge in [0.2, 0.25) is 5.91 Å². The number of anilines is 1.